The molecule has 1 nitrogen and oxygen atoms in total. The van der Waals surface area contributed by atoms with Crippen molar-refractivity contribution in [2.24, 2.45) is 5.73 Å². The average molecular weight is 333 g/mol. The van der Waals surface area contributed by atoms with Crippen LogP contribution in [0.5, 0.6) is 0 Å². The van der Waals surface area contributed by atoms with Crippen molar-refractivity contribution in [3.05, 3.63) is 32.2 Å². The Kier molecular flexibility index (Phi) is 3.60. The topological polar surface area (TPSA) is 26.0 Å². The van der Waals surface area contributed by atoms with Crippen molar-refractivity contribution in [2.75, 3.05) is 0 Å². The summed E-state index contributed by atoms with van der Waals surface area (Å²) in [4.78, 5) is 0. The van der Waals surface area contributed by atoms with E-state index in [9.17, 15) is 13.2 Å². The van der Waals surface area contributed by atoms with Crippen LogP contribution in [0.15, 0.2) is 21.1 Å². The van der Waals surface area contributed by atoms with Gasteiger partial charge in [-0.3, -0.25) is 0 Å². The molecule has 0 bridgehead atoms. The van der Waals surface area contributed by atoms with Crippen LogP contribution >= 0.6 is 31.9 Å². The third-order valence-corrected chi connectivity index (χ3v) is 2.72. The van der Waals surface area contributed by atoms with Gasteiger partial charge >= 0.3 is 6.18 Å². The molecule has 0 fully saturated rings. The van der Waals surface area contributed by atoms with Crippen LogP contribution < -0.4 is 5.73 Å². The highest BCUT2D eigenvalue weighted by molar-refractivity contribution is 9.11. The zero-order valence-corrected chi connectivity index (χ0v) is 10.0. The number of alkyl halides is 3. The lowest BCUT2D eigenvalue weighted by atomic mass is 10.1. The second-order valence-electron chi connectivity index (χ2n) is 2.62. The number of hydrogen-bond acceptors (Lipinski definition) is 1. The third kappa shape index (κ3) is 2.49. The van der Waals surface area contributed by atoms with Crippen LogP contribution in [-0.4, -0.2) is 0 Å². The minimum Gasteiger partial charge on any atom is -0.326 e. The maximum absolute atomic E-state index is 12.5. The summed E-state index contributed by atoms with van der Waals surface area (Å²) in [5, 5.41) is 0. The van der Waals surface area contributed by atoms with Gasteiger partial charge in [0.05, 0.1) is 5.56 Å². The molecule has 14 heavy (non-hydrogen) atoms. The molecule has 1 aromatic carbocycles. The summed E-state index contributed by atoms with van der Waals surface area (Å²) >= 11 is 5.97. The van der Waals surface area contributed by atoms with Gasteiger partial charge in [-0.2, -0.15) is 13.2 Å². The van der Waals surface area contributed by atoms with Crippen LogP contribution in [0.25, 0.3) is 0 Å². The van der Waals surface area contributed by atoms with Crippen LogP contribution in [0.1, 0.15) is 11.1 Å². The molecule has 0 aliphatic rings. The largest absolute Gasteiger partial charge is 0.417 e. The number of nitrogens with two attached hydrogens (primary N) is 1. The molecule has 2 N–H and O–H groups in total. The Labute approximate surface area is 95.7 Å². The fraction of sp³-hybridized carbons (Fsp3) is 0.250. The summed E-state index contributed by atoms with van der Waals surface area (Å²) in [7, 11) is 0. The quantitative estimate of drug-likeness (QED) is 0.834. The van der Waals surface area contributed by atoms with E-state index in [0.29, 0.717) is 4.47 Å². The highest BCUT2D eigenvalue weighted by Gasteiger charge is 2.35. The lowest BCUT2D eigenvalue weighted by Gasteiger charge is -2.14. The first kappa shape index (κ1) is 12.0. The summed E-state index contributed by atoms with van der Waals surface area (Å²) in [5.41, 5.74) is 4.61. The molecular formula is C8H6Br2F3N. The van der Waals surface area contributed by atoms with Gasteiger partial charge in [0.25, 0.3) is 0 Å². The number of benzene rings is 1. The summed E-state index contributed by atoms with van der Waals surface area (Å²) in [5.74, 6) is 0. The van der Waals surface area contributed by atoms with Gasteiger partial charge in [0.2, 0.25) is 0 Å². The minimum absolute atomic E-state index is 0.000162. The van der Waals surface area contributed by atoms with Crippen molar-refractivity contribution in [1.29, 1.82) is 0 Å². The molecule has 78 valence electrons. The highest BCUT2D eigenvalue weighted by Crippen LogP contribution is 2.38. The smallest absolute Gasteiger partial charge is 0.326 e. The van der Waals surface area contributed by atoms with E-state index >= 15 is 0 Å². The molecule has 0 heterocycles. The normalized spacial score (nSPS) is 11.9. The van der Waals surface area contributed by atoms with Crippen molar-refractivity contribution in [2.45, 2.75) is 12.7 Å². The Morgan fingerprint density at radius 3 is 2.21 bits per heavy atom. The zero-order valence-electron chi connectivity index (χ0n) is 6.83. The predicted molar refractivity (Wildman–Crippen MR) is 54.7 cm³/mol. The first-order valence-electron chi connectivity index (χ1n) is 3.61. The van der Waals surface area contributed by atoms with Crippen LogP contribution in [0.4, 0.5) is 13.2 Å². The van der Waals surface area contributed by atoms with Crippen molar-refractivity contribution in [1.82, 2.24) is 0 Å². The molecule has 0 unspecified atom stereocenters. The molecule has 0 saturated carbocycles. The van der Waals surface area contributed by atoms with Crippen LogP contribution in [0, 0.1) is 0 Å². The van der Waals surface area contributed by atoms with Crippen molar-refractivity contribution in [3.8, 4) is 0 Å². The standard InChI is InChI=1S/C8H6Br2F3N/c9-5-1-4(3-14)7(6(10)2-5)8(11,12)13/h1-2H,3,14H2. The SMILES string of the molecule is NCc1cc(Br)cc(Br)c1C(F)(F)F. The van der Waals surface area contributed by atoms with Gasteiger partial charge in [-0.15, -0.1) is 0 Å². The summed E-state index contributed by atoms with van der Waals surface area (Å²) in [6, 6.07) is 2.72. The van der Waals surface area contributed by atoms with E-state index in [4.69, 9.17) is 5.73 Å². The summed E-state index contributed by atoms with van der Waals surface area (Å²) in [6.45, 7) is -0.146. The van der Waals surface area contributed by atoms with Gasteiger partial charge in [0.1, 0.15) is 0 Å². The average Bonchev–Trinajstić information content (AvgIpc) is 1.99. The Balaban J connectivity index is 3.40. The van der Waals surface area contributed by atoms with E-state index in [2.05, 4.69) is 31.9 Å². The van der Waals surface area contributed by atoms with Gasteiger partial charge in [0.15, 0.2) is 0 Å². The Morgan fingerprint density at radius 2 is 1.79 bits per heavy atom. The molecule has 0 aromatic heterocycles. The fourth-order valence-electron chi connectivity index (χ4n) is 1.11. The maximum Gasteiger partial charge on any atom is 0.417 e. The third-order valence-electron chi connectivity index (χ3n) is 1.64. The van der Waals surface area contributed by atoms with Crippen LogP contribution in [-0.2, 0) is 12.7 Å². The molecule has 1 aromatic rings. The Bertz CT molecular complexity index is 349. The summed E-state index contributed by atoms with van der Waals surface area (Å²) in [6.07, 6.45) is -4.38. The van der Waals surface area contributed by atoms with E-state index in [-0.39, 0.29) is 16.6 Å². The molecule has 0 amide bonds. The second kappa shape index (κ2) is 4.20. The lowest BCUT2D eigenvalue weighted by molar-refractivity contribution is -0.138. The van der Waals surface area contributed by atoms with E-state index in [1.807, 2.05) is 0 Å². The van der Waals surface area contributed by atoms with E-state index in [1.54, 1.807) is 0 Å². The zero-order chi connectivity index (χ0) is 10.9. The molecule has 1 rings (SSSR count). The van der Waals surface area contributed by atoms with Crippen molar-refractivity contribution < 1.29 is 13.2 Å². The highest BCUT2D eigenvalue weighted by atomic mass is 79.9. The minimum atomic E-state index is -4.38. The van der Waals surface area contributed by atoms with Crippen molar-refractivity contribution >= 4 is 31.9 Å². The molecule has 0 aliphatic carbocycles. The first-order chi connectivity index (χ1) is 6.36. The maximum atomic E-state index is 12.5. The van der Waals surface area contributed by atoms with Crippen LogP contribution in [0.2, 0.25) is 0 Å². The molecule has 6 heteroatoms. The van der Waals surface area contributed by atoms with Crippen LogP contribution in [0.3, 0.4) is 0 Å². The molecule has 0 atom stereocenters. The lowest BCUT2D eigenvalue weighted by Crippen LogP contribution is -2.12. The van der Waals surface area contributed by atoms with Gasteiger partial charge in [-0.05, 0) is 17.7 Å². The second-order valence-corrected chi connectivity index (χ2v) is 4.39. The fourth-order valence-corrected chi connectivity index (χ4v) is 2.64. The molecule has 0 aliphatic heterocycles. The number of rotatable bonds is 1. The molecule has 0 radical (unpaired) electrons. The van der Waals surface area contributed by atoms with E-state index in [0.717, 1.165) is 0 Å². The Hall–Kier alpha value is -0.0700. The van der Waals surface area contributed by atoms with Gasteiger partial charge < -0.3 is 5.73 Å². The molecule has 0 spiro atoms. The van der Waals surface area contributed by atoms with E-state index < -0.39 is 11.7 Å². The van der Waals surface area contributed by atoms with Crippen molar-refractivity contribution in [3.63, 3.8) is 0 Å². The summed E-state index contributed by atoms with van der Waals surface area (Å²) < 4.78 is 38.1. The Morgan fingerprint density at radius 1 is 1.21 bits per heavy atom. The van der Waals surface area contributed by atoms with Gasteiger partial charge in [-0.1, -0.05) is 31.9 Å². The number of halogens is 5. The monoisotopic (exact) mass is 331 g/mol. The van der Waals surface area contributed by atoms with E-state index in [1.165, 1.54) is 12.1 Å². The van der Waals surface area contributed by atoms with Gasteiger partial charge in [-0.25, -0.2) is 0 Å². The first-order valence-corrected chi connectivity index (χ1v) is 5.20. The predicted octanol–water partition coefficient (Wildman–Crippen LogP) is 3.69. The molecule has 0 saturated heterocycles. The van der Waals surface area contributed by atoms with Gasteiger partial charge in [0, 0.05) is 15.5 Å². The number of hydrogen-bond donors (Lipinski definition) is 1. The molecular weight excluding hydrogens is 327 g/mol.